The molecule has 2 bridgehead atoms. The molecule has 2 aromatic rings. The highest BCUT2D eigenvalue weighted by atomic mass is 33.1. The number of carbonyl (C=O) groups is 6. The van der Waals surface area contributed by atoms with Gasteiger partial charge >= 0.3 is 30.0 Å². The van der Waals surface area contributed by atoms with Gasteiger partial charge in [-0.05, 0) is 82.6 Å². The normalized spacial score (nSPS) is 29.9. The number of aliphatic hydroxyl groups is 2. The third kappa shape index (κ3) is 9.19. The van der Waals surface area contributed by atoms with Crippen LogP contribution in [0.15, 0.2) is 57.0 Å². The van der Waals surface area contributed by atoms with Gasteiger partial charge < -0.3 is 52.8 Å². The zero-order valence-electron chi connectivity index (χ0n) is 36.0. The number of ether oxygens (including phenoxy) is 6. The van der Waals surface area contributed by atoms with Crippen molar-refractivity contribution in [3.05, 3.63) is 59.5 Å². The lowest BCUT2D eigenvalue weighted by Gasteiger charge is -2.64. The van der Waals surface area contributed by atoms with Gasteiger partial charge in [-0.15, -0.1) is 0 Å². The molecule has 3 fully saturated rings. The average molecular weight is 906 g/mol. The van der Waals surface area contributed by atoms with Crippen LogP contribution in [0.25, 0.3) is 0 Å². The molecule has 3 N–H and O–H groups in total. The van der Waals surface area contributed by atoms with E-state index < -0.39 is 113 Å². The molecule has 62 heavy (non-hydrogen) atoms. The molecular formula is C43H55NO16S2. The van der Waals surface area contributed by atoms with Crippen molar-refractivity contribution in [1.82, 2.24) is 5.32 Å². The zero-order chi connectivity index (χ0) is 45.4. The van der Waals surface area contributed by atoms with Crippen molar-refractivity contribution >= 4 is 57.3 Å². The SMILES string of the molecule is CSSCCCC(=O)OC1C(=O)C2CCC3OC[C@@]3(OC(C)=O)[C@H]2[C@H](OC(=O)c2ccoc2)C2(O)C[C@H](OC(=O)[C@H](O)[C@@H](NC(=O)OC(C)(C)C)c3ccco3)C(C)=C1C2(C)C. The zero-order valence-corrected chi connectivity index (χ0v) is 37.6. The minimum atomic E-state index is -2.29. The van der Waals surface area contributed by atoms with Gasteiger partial charge in [-0.3, -0.25) is 14.4 Å². The molecule has 6 rings (SSSR count). The number of furan rings is 2. The summed E-state index contributed by atoms with van der Waals surface area (Å²) >= 11 is 0. The standard InChI is InChI=1S/C43H55NO16S2/c1-22-27(56-38(50)34(48)32(26-11-9-16-54-26)44-39(51)60-40(3,4)5)19-43(52)36(58-37(49)24-15-17-53-20-24)31-25(13-14-28-42(31,21-55-28)59-23(2)45)33(47)35(30(22)41(43,6)7)57-29(46)12-10-18-62-61-8/h9,11,15-17,20,25,27-28,31-32,34-36,48,52H,10,12-14,18-19,21H2,1-8H3,(H,44,51)/t25?,27-,28?,31+,32-,34+,35?,36-,42-,43?/m0/s1. The van der Waals surface area contributed by atoms with Crippen LogP contribution in [-0.4, -0.2) is 112 Å². The van der Waals surface area contributed by atoms with Crippen LogP contribution in [0.2, 0.25) is 0 Å². The van der Waals surface area contributed by atoms with Crippen molar-refractivity contribution < 1.29 is 76.2 Å². The van der Waals surface area contributed by atoms with E-state index in [1.165, 1.54) is 37.6 Å². The van der Waals surface area contributed by atoms with Gasteiger partial charge in [0.15, 0.2) is 23.6 Å². The molecule has 17 nitrogen and oxygen atoms in total. The summed E-state index contributed by atoms with van der Waals surface area (Å²) in [6.45, 7) is 10.7. The van der Waals surface area contributed by atoms with Crippen LogP contribution in [0.3, 0.4) is 0 Å². The van der Waals surface area contributed by atoms with E-state index in [9.17, 15) is 34.2 Å². The third-order valence-electron chi connectivity index (χ3n) is 12.3. The molecule has 1 saturated heterocycles. The fourth-order valence-corrected chi connectivity index (χ4v) is 10.7. The smallest absolute Gasteiger partial charge is 0.408 e. The Morgan fingerprint density at radius 3 is 2.40 bits per heavy atom. The second-order valence-corrected chi connectivity index (χ2v) is 20.3. The summed E-state index contributed by atoms with van der Waals surface area (Å²) in [4.78, 5) is 83.1. The topological polar surface area (TPSA) is 237 Å². The largest absolute Gasteiger partial charge is 0.472 e. The predicted octanol–water partition coefficient (Wildman–Crippen LogP) is 5.43. The van der Waals surface area contributed by atoms with Crippen LogP contribution >= 0.6 is 21.6 Å². The van der Waals surface area contributed by atoms with Crippen LogP contribution in [0, 0.1) is 17.3 Å². The quantitative estimate of drug-likeness (QED) is 0.0705. The first-order valence-electron chi connectivity index (χ1n) is 20.4. The van der Waals surface area contributed by atoms with Crippen molar-refractivity contribution in [2.75, 3.05) is 18.6 Å². The molecule has 2 saturated carbocycles. The predicted molar refractivity (Wildman–Crippen MR) is 221 cm³/mol. The van der Waals surface area contributed by atoms with E-state index in [1.54, 1.807) is 63.1 Å². The average Bonchev–Trinajstić information content (AvgIpc) is 3.92. The Bertz CT molecular complexity index is 2020. The van der Waals surface area contributed by atoms with Crippen LogP contribution in [0.4, 0.5) is 4.79 Å². The number of esters is 4. The van der Waals surface area contributed by atoms with E-state index >= 15 is 4.79 Å². The van der Waals surface area contributed by atoms with Crippen LogP contribution < -0.4 is 5.32 Å². The summed E-state index contributed by atoms with van der Waals surface area (Å²) in [7, 11) is 3.10. The van der Waals surface area contributed by atoms with Crippen molar-refractivity contribution in [1.29, 1.82) is 0 Å². The molecule has 0 radical (unpaired) electrons. The first kappa shape index (κ1) is 47.2. The minimum Gasteiger partial charge on any atom is -0.472 e. The van der Waals surface area contributed by atoms with Crippen molar-refractivity contribution in [3.63, 3.8) is 0 Å². The van der Waals surface area contributed by atoms with Gasteiger partial charge in [0.2, 0.25) is 0 Å². The van der Waals surface area contributed by atoms with Crippen molar-refractivity contribution in [2.24, 2.45) is 17.3 Å². The van der Waals surface area contributed by atoms with Gasteiger partial charge in [0.05, 0.1) is 30.6 Å². The first-order chi connectivity index (χ1) is 29.1. The number of carbonyl (C=O) groups excluding carboxylic acids is 6. The van der Waals surface area contributed by atoms with Crippen LogP contribution in [0.1, 0.15) is 103 Å². The van der Waals surface area contributed by atoms with E-state index in [2.05, 4.69) is 5.32 Å². The fourth-order valence-electron chi connectivity index (χ4n) is 9.39. The summed E-state index contributed by atoms with van der Waals surface area (Å²) in [6.07, 6.45) is -2.73. The lowest BCUT2D eigenvalue weighted by molar-refractivity contribution is -0.321. The number of Topliss-reactive ketones (excluding diaryl/α,β-unsaturated/α-hetero) is 1. The molecule has 3 heterocycles. The number of alkyl carbamates (subject to hydrolysis) is 1. The molecule has 10 atom stereocenters. The van der Waals surface area contributed by atoms with Gasteiger partial charge in [0, 0.05) is 36.9 Å². The van der Waals surface area contributed by atoms with E-state index in [1.807, 2.05) is 6.26 Å². The monoisotopic (exact) mass is 905 g/mol. The second-order valence-electron chi connectivity index (χ2n) is 17.6. The van der Waals surface area contributed by atoms with E-state index in [0.29, 0.717) is 12.2 Å². The molecule has 19 heteroatoms. The Balaban J connectivity index is 1.48. The maximum atomic E-state index is 15.4. The number of hydrogen-bond acceptors (Lipinski definition) is 18. The molecule has 4 aliphatic rings. The second kappa shape index (κ2) is 18.4. The number of rotatable bonds is 14. The van der Waals surface area contributed by atoms with E-state index in [0.717, 1.165) is 6.26 Å². The van der Waals surface area contributed by atoms with Gasteiger partial charge in [-0.25, -0.2) is 14.4 Å². The lowest BCUT2D eigenvalue weighted by atomic mass is 9.49. The molecule has 2 aromatic heterocycles. The Kier molecular flexibility index (Phi) is 14.0. The summed E-state index contributed by atoms with van der Waals surface area (Å²) in [5.41, 5.74) is -6.11. The third-order valence-corrected chi connectivity index (χ3v) is 14.2. The number of hydrogen-bond donors (Lipinski definition) is 3. The van der Waals surface area contributed by atoms with Gasteiger partial charge in [0.1, 0.15) is 47.6 Å². The fraction of sp³-hybridized carbons (Fsp3) is 0.628. The maximum Gasteiger partial charge on any atom is 0.408 e. The minimum absolute atomic E-state index is 0.0138. The molecular weight excluding hydrogens is 851 g/mol. The highest BCUT2D eigenvalue weighted by Gasteiger charge is 2.73. The summed E-state index contributed by atoms with van der Waals surface area (Å²) < 4.78 is 46.5. The van der Waals surface area contributed by atoms with Crippen LogP contribution in [-0.2, 0) is 47.6 Å². The number of fused-ring (bicyclic) bond motifs is 5. The number of amides is 1. The highest BCUT2D eigenvalue weighted by molar-refractivity contribution is 8.76. The lowest BCUT2D eigenvalue weighted by Crippen LogP contribution is -2.77. The molecule has 3 aliphatic carbocycles. The van der Waals surface area contributed by atoms with E-state index in [4.69, 9.17) is 37.3 Å². The molecule has 0 aromatic carbocycles. The van der Waals surface area contributed by atoms with Crippen molar-refractivity contribution in [2.45, 2.75) is 134 Å². The highest BCUT2D eigenvalue weighted by Crippen LogP contribution is 2.61. The number of nitrogens with one attached hydrogen (secondary N) is 1. The van der Waals surface area contributed by atoms with Gasteiger partial charge in [0.25, 0.3) is 0 Å². The van der Waals surface area contributed by atoms with Crippen molar-refractivity contribution in [3.8, 4) is 0 Å². The maximum absolute atomic E-state index is 15.4. The van der Waals surface area contributed by atoms with Crippen LogP contribution in [0.5, 0.6) is 0 Å². The van der Waals surface area contributed by atoms with Gasteiger partial charge in [-0.1, -0.05) is 35.4 Å². The summed E-state index contributed by atoms with van der Waals surface area (Å²) in [5, 5.41) is 27.7. The molecule has 1 amide bonds. The Labute approximate surface area is 367 Å². The Morgan fingerprint density at radius 2 is 1.81 bits per heavy atom. The summed E-state index contributed by atoms with van der Waals surface area (Å²) in [6, 6.07) is 2.76. The number of aliphatic hydroxyl groups excluding tert-OH is 1. The molecule has 4 unspecified atom stereocenters. The Hall–Kier alpha value is -4.30. The molecule has 0 spiro atoms. The number of ketones is 1. The molecule has 340 valence electrons. The van der Waals surface area contributed by atoms with E-state index in [-0.39, 0.29) is 48.3 Å². The van der Waals surface area contributed by atoms with Gasteiger partial charge in [-0.2, -0.15) is 0 Å². The molecule has 1 aliphatic heterocycles. The summed E-state index contributed by atoms with van der Waals surface area (Å²) in [5.74, 6) is -5.97. The Morgan fingerprint density at radius 1 is 1.06 bits per heavy atom. The first-order valence-corrected chi connectivity index (χ1v) is 23.2.